The molecule has 3 heterocycles. The van der Waals surface area contributed by atoms with Crippen LogP contribution in [-0.2, 0) is 11.2 Å². The molecule has 9 heteroatoms. The first-order valence-corrected chi connectivity index (χ1v) is 13.3. The second-order valence-electron chi connectivity index (χ2n) is 10.5. The highest BCUT2D eigenvalue weighted by Gasteiger charge is 2.37. The van der Waals surface area contributed by atoms with Gasteiger partial charge in [-0.2, -0.15) is 4.98 Å². The van der Waals surface area contributed by atoms with Crippen LogP contribution in [-0.4, -0.2) is 48.5 Å². The van der Waals surface area contributed by atoms with Gasteiger partial charge in [0.15, 0.2) is 11.2 Å². The van der Waals surface area contributed by atoms with Crippen molar-refractivity contribution in [2.75, 3.05) is 12.3 Å². The lowest BCUT2D eigenvalue weighted by Crippen LogP contribution is -2.24. The zero-order valence-electron chi connectivity index (χ0n) is 21.3. The Morgan fingerprint density at radius 3 is 2.42 bits per heavy atom. The molecule has 40 heavy (non-hydrogen) atoms. The summed E-state index contributed by atoms with van der Waals surface area (Å²) < 4.78 is 7.79. The Kier molecular flexibility index (Phi) is 4.94. The molecule has 9 nitrogen and oxygen atoms in total. The maximum Gasteiger partial charge on any atom is 0.280 e. The molecular formula is C31H25N5O4. The van der Waals surface area contributed by atoms with Crippen molar-refractivity contribution in [2.24, 2.45) is 0 Å². The molecule has 3 atom stereocenters. The SMILES string of the molecule is Nc1nc2c(nc(Cc3c4ccccc4c4ccc5cccc6ccc3c4c65)n2[C@H]2C[C@H](O)[C@@H](CO)O2)c(=O)[nH]1. The number of H-pyrrole nitrogens is 1. The third-order valence-corrected chi connectivity index (χ3v) is 8.29. The van der Waals surface area contributed by atoms with Crippen molar-refractivity contribution < 1.29 is 14.9 Å². The topological polar surface area (TPSA) is 139 Å². The number of nitrogens with zero attached hydrogens (tertiary/aromatic N) is 3. The molecule has 8 rings (SSSR count). The minimum Gasteiger partial charge on any atom is -0.394 e. The molecule has 5 aromatic carbocycles. The van der Waals surface area contributed by atoms with Gasteiger partial charge in [-0.05, 0) is 48.7 Å². The first-order chi connectivity index (χ1) is 19.5. The average Bonchev–Trinajstić information content (AvgIpc) is 3.52. The van der Waals surface area contributed by atoms with Gasteiger partial charge in [0.2, 0.25) is 5.95 Å². The van der Waals surface area contributed by atoms with E-state index in [-0.39, 0.29) is 30.1 Å². The van der Waals surface area contributed by atoms with Gasteiger partial charge in [0.05, 0.1) is 12.7 Å². The van der Waals surface area contributed by atoms with Gasteiger partial charge in [-0.1, -0.05) is 66.7 Å². The normalized spacial score (nSPS) is 19.7. The van der Waals surface area contributed by atoms with Crippen LogP contribution in [0.2, 0.25) is 0 Å². The first-order valence-electron chi connectivity index (χ1n) is 13.3. The number of imidazole rings is 1. The number of nitrogens with two attached hydrogens (primary N) is 1. The molecule has 2 aromatic heterocycles. The number of aliphatic hydroxyl groups is 2. The highest BCUT2D eigenvalue weighted by atomic mass is 16.5. The Morgan fingerprint density at radius 2 is 1.68 bits per heavy atom. The van der Waals surface area contributed by atoms with Gasteiger partial charge < -0.3 is 20.7 Å². The van der Waals surface area contributed by atoms with Crippen molar-refractivity contribution in [3.8, 4) is 0 Å². The van der Waals surface area contributed by atoms with Gasteiger partial charge in [-0.15, -0.1) is 0 Å². The standard InChI is InChI=1S/C31H25N5O4/c32-31-34-29-28(30(39)35-31)33-24(36(29)25-13-22(38)23(14-37)40-25)12-21-18-7-2-1-6-17(18)19-10-8-15-4-3-5-16-9-11-20(21)27(19)26(15)16/h1-11,22-23,25,37-38H,12-14H2,(H3,32,34,35,39)/t22-,23+,25+/m0/s1. The fraction of sp³-hybridized carbons (Fsp3) is 0.194. The second-order valence-corrected chi connectivity index (χ2v) is 10.5. The number of benzene rings is 5. The number of ether oxygens (including phenoxy) is 1. The third-order valence-electron chi connectivity index (χ3n) is 8.29. The Hall–Kier alpha value is -4.57. The number of aliphatic hydroxyl groups excluding tert-OH is 2. The molecule has 0 bridgehead atoms. The summed E-state index contributed by atoms with van der Waals surface area (Å²) in [6.07, 6.45) is -1.69. The maximum atomic E-state index is 12.9. The molecule has 5 N–H and O–H groups in total. The van der Waals surface area contributed by atoms with Gasteiger partial charge in [0, 0.05) is 12.8 Å². The predicted molar refractivity (Wildman–Crippen MR) is 155 cm³/mol. The summed E-state index contributed by atoms with van der Waals surface area (Å²) >= 11 is 0. The van der Waals surface area contributed by atoms with E-state index in [1.807, 2.05) is 12.1 Å². The van der Waals surface area contributed by atoms with E-state index in [0.29, 0.717) is 12.2 Å². The Labute approximate surface area is 226 Å². The molecule has 0 aliphatic carbocycles. The number of anilines is 1. The monoisotopic (exact) mass is 531 g/mol. The van der Waals surface area contributed by atoms with Crippen LogP contribution in [0.1, 0.15) is 24.0 Å². The van der Waals surface area contributed by atoms with Crippen LogP contribution in [0.5, 0.6) is 0 Å². The summed E-state index contributed by atoms with van der Waals surface area (Å²) in [6, 6.07) is 23.4. The number of nitrogen functional groups attached to an aromatic ring is 1. The van der Waals surface area contributed by atoms with E-state index in [0.717, 1.165) is 21.7 Å². The van der Waals surface area contributed by atoms with Gasteiger partial charge in [-0.25, -0.2) is 4.98 Å². The van der Waals surface area contributed by atoms with Crippen molar-refractivity contribution in [2.45, 2.75) is 31.3 Å². The zero-order valence-corrected chi connectivity index (χ0v) is 21.3. The van der Waals surface area contributed by atoms with Crippen LogP contribution in [0, 0.1) is 0 Å². The van der Waals surface area contributed by atoms with E-state index in [1.54, 1.807) is 4.57 Å². The smallest absolute Gasteiger partial charge is 0.280 e. The Balaban J connectivity index is 1.43. The van der Waals surface area contributed by atoms with Gasteiger partial charge in [0.1, 0.15) is 18.2 Å². The van der Waals surface area contributed by atoms with Crippen LogP contribution in [0.3, 0.4) is 0 Å². The fourth-order valence-corrected chi connectivity index (χ4v) is 6.54. The minimum atomic E-state index is -0.866. The van der Waals surface area contributed by atoms with Crippen molar-refractivity contribution in [3.05, 3.63) is 88.5 Å². The van der Waals surface area contributed by atoms with Crippen molar-refractivity contribution in [3.63, 3.8) is 0 Å². The first kappa shape index (κ1) is 23.3. The number of rotatable bonds is 4. The number of hydrogen-bond acceptors (Lipinski definition) is 7. The molecule has 198 valence electrons. The van der Waals surface area contributed by atoms with Crippen LogP contribution in [0.25, 0.3) is 54.3 Å². The second kappa shape index (κ2) is 8.46. The van der Waals surface area contributed by atoms with E-state index in [2.05, 4.69) is 64.6 Å². The summed E-state index contributed by atoms with van der Waals surface area (Å²) in [4.78, 5) is 24.6. The van der Waals surface area contributed by atoms with E-state index in [4.69, 9.17) is 15.5 Å². The molecule has 0 amide bonds. The molecule has 1 fully saturated rings. The molecule has 1 aliphatic heterocycles. The number of aromatic amines is 1. The molecule has 0 spiro atoms. The quantitative estimate of drug-likeness (QED) is 0.199. The minimum absolute atomic E-state index is 0.0318. The lowest BCUT2D eigenvalue weighted by molar-refractivity contribution is -0.0439. The third kappa shape index (κ3) is 3.22. The van der Waals surface area contributed by atoms with Crippen molar-refractivity contribution in [1.29, 1.82) is 0 Å². The van der Waals surface area contributed by atoms with E-state index >= 15 is 0 Å². The number of aromatic nitrogens is 4. The van der Waals surface area contributed by atoms with Crippen LogP contribution in [0.4, 0.5) is 5.95 Å². The van der Waals surface area contributed by atoms with Crippen LogP contribution < -0.4 is 11.3 Å². The van der Waals surface area contributed by atoms with Gasteiger partial charge in [0.25, 0.3) is 5.56 Å². The molecule has 7 aromatic rings. The van der Waals surface area contributed by atoms with Crippen molar-refractivity contribution in [1.82, 2.24) is 19.5 Å². The highest BCUT2D eigenvalue weighted by molar-refractivity contribution is 6.30. The summed E-state index contributed by atoms with van der Waals surface area (Å²) in [5, 5.41) is 29.6. The number of nitrogens with one attached hydrogen (secondary N) is 1. The molecule has 0 saturated carbocycles. The predicted octanol–water partition coefficient (Wildman–Crippen LogP) is 3.98. The molecule has 0 radical (unpaired) electrons. The lowest BCUT2D eigenvalue weighted by Gasteiger charge is -2.20. The Bertz CT molecular complexity index is 2150. The lowest BCUT2D eigenvalue weighted by atomic mass is 9.87. The maximum absolute atomic E-state index is 12.9. The highest BCUT2D eigenvalue weighted by Crippen LogP contribution is 2.42. The van der Waals surface area contributed by atoms with Gasteiger partial charge in [-0.3, -0.25) is 14.3 Å². The number of fused-ring (bicyclic) bond motifs is 3. The van der Waals surface area contributed by atoms with Crippen LogP contribution >= 0.6 is 0 Å². The summed E-state index contributed by atoms with van der Waals surface area (Å²) in [5.41, 5.74) is 6.99. The fourth-order valence-electron chi connectivity index (χ4n) is 6.54. The zero-order chi connectivity index (χ0) is 27.1. The average molecular weight is 532 g/mol. The molecule has 1 aliphatic rings. The summed E-state index contributed by atoms with van der Waals surface area (Å²) in [7, 11) is 0. The summed E-state index contributed by atoms with van der Waals surface area (Å²) in [5.74, 6) is 0.533. The van der Waals surface area contributed by atoms with Crippen molar-refractivity contribution >= 4 is 60.2 Å². The largest absolute Gasteiger partial charge is 0.394 e. The molecule has 1 saturated heterocycles. The number of hydrogen-bond donors (Lipinski definition) is 4. The molecular weight excluding hydrogens is 506 g/mol. The van der Waals surface area contributed by atoms with E-state index < -0.39 is 24.0 Å². The van der Waals surface area contributed by atoms with Crippen LogP contribution in [0.15, 0.2) is 71.5 Å². The van der Waals surface area contributed by atoms with Gasteiger partial charge >= 0.3 is 0 Å². The Morgan fingerprint density at radius 1 is 0.925 bits per heavy atom. The van der Waals surface area contributed by atoms with E-state index in [9.17, 15) is 15.0 Å². The van der Waals surface area contributed by atoms with E-state index in [1.165, 1.54) is 26.9 Å². The molecule has 0 unspecified atom stereocenters. The summed E-state index contributed by atoms with van der Waals surface area (Å²) in [6.45, 7) is -0.324.